The van der Waals surface area contributed by atoms with E-state index in [2.05, 4.69) is 5.32 Å². The van der Waals surface area contributed by atoms with Gasteiger partial charge in [-0.05, 0) is 50.6 Å². The number of hydrogen-bond acceptors (Lipinski definition) is 4. The van der Waals surface area contributed by atoms with Crippen LogP contribution < -0.4 is 5.32 Å². The van der Waals surface area contributed by atoms with E-state index in [4.69, 9.17) is 0 Å². The second-order valence-electron chi connectivity index (χ2n) is 6.50. The summed E-state index contributed by atoms with van der Waals surface area (Å²) < 4.78 is 38.0. The van der Waals surface area contributed by atoms with Gasteiger partial charge in [-0.2, -0.15) is 0 Å². The number of Topliss-reactive ketones (excluding diaryl/α,β-unsaturated/α-hetero) is 1. The van der Waals surface area contributed by atoms with E-state index >= 15 is 0 Å². The van der Waals surface area contributed by atoms with Crippen molar-refractivity contribution in [1.29, 1.82) is 0 Å². The molecular weight excluding hydrogens is 343 g/mol. The minimum Gasteiger partial charge on any atom is -0.318 e. The Morgan fingerprint density at radius 2 is 1.96 bits per heavy atom. The molecule has 0 bridgehead atoms. The molecule has 7 heteroatoms. The standard InChI is InChI=1S/C18H21FN2O3S/c1-12-9-17(13(2)21(12)16-5-3-14(19)4-6-16)18(22)10-20-15-7-8-25(23,24)11-15/h3-6,9,15,20H,7-8,10-11H2,1-2H3. The molecule has 1 saturated heterocycles. The van der Waals surface area contributed by atoms with Gasteiger partial charge in [0.15, 0.2) is 15.6 Å². The second-order valence-corrected chi connectivity index (χ2v) is 8.73. The number of nitrogens with one attached hydrogen (secondary N) is 1. The van der Waals surface area contributed by atoms with Gasteiger partial charge in [0.05, 0.1) is 18.1 Å². The van der Waals surface area contributed by atoms with Crippen molar-refractivity contribution in [2.24, 2.45) is 0 Å². The largest absolute Gasteiger partial charge is 0.318 e. The predicted octanol–water partition coefficient (Wildman–Crippen LogP) is 2.19. The van der Waals surface area contributed by atoms with E-state index in [-0.39, 0.29) is 35.7 Å². The molecule has 1 N–H and O–H groups in total. The van der Waals surface area contributed by atoms with Crippen LogP contribution >= 0.6 is 0 Å². The quantitative estimate of drug-likeness (QED) is 0.826. The molecule has 0 aliphatic carbocycles. The molecule has 0 saturated carbocycles. The van der Waals surface area contributed by atoms with Crippen molar-refractivity contribution in [3.05, 3.63) is 53.1 Å². The third-order valence-corrected chi connectivity index (χ3v) is 6.37. The van der Waals surface area contributed by atoms with Gasteiger partial charge >= 0.3 is 0 Å². The van der Waals surface area contributed by atoms with E-state index in [0.29, 0.717) is 12.0 Å². The normalized spacial score (nSPS) is 19.2. The Morgan fingerprint density at radius 1 is 1.28 bits per heavy atom. The first kappa shape index (κ1) is 17.8. The SMILES string of the molecule is Cc1cc(C(=O)CNC2CCS(=O)(=O)C2)c(C)n1-c1ccc(F)cc1. The van der Waals surface area contributed by atoms with Crippen LogP contribution in [-0.4, -0.2) is 42.9 Å². The van der Waals surface area contributed by atoms with Gasteiger partial charge in [-0.15, -0.1) is 0 Å². The number of aromatic nitrogens is 1. The van der Waals surface area contributed by atoms with Crippen molar-refractivity contribution < 1.29 is 17.6 Å². The molecule has 0 spiro atoms. The van der Waals surface area contributed by atoms with Crippen molar-refractivity contribution in [2.45, 2.75) is 26.3 Å². The van der Waals surface area contributed by atoms with Crippen LogP contribution in [0.5, 0.6) is 0 Å². The highest BCUT2D eigenvalue weighted by molar-refractivity contribution is 7.91. The second kappa shape index (κ2) is 6.72. The maximum Gasteiger partial charge on any atom is 0.178 e. The van der Waals surface area contributed by atoms with Crippen LogP contribution in [0.1, 0.15) is 28.2 Å². The van der Waals surface area contributed by atoms with Crippen molar-refractivity contribution in [3.63, 3.8) is 0 Å². The minimum absolute atomic E-state index is 0.0780. The molecule has 25 heavy (non-hydrogen) atoms. The van der Waals surface area contributed by atoms with E-state index in [1.54, 1.807) is 12.1 Å². The summed E-state index contributed by atoms with van der Waals surface area (Å²) in [5.74, 6) is -0.115. The van der Waals surface area contributed by atoms with Crippen molar-refractivity contribution in [3.8, 4) is 5.69 Å². The van der Waals surface area contributed by atoms with E-state index in [9.17, 15) is 17.6 Å². The number of sulfone groups is 1. The molecule has 1 atom stereocenters. The first-order valence-electron chi connectivity index (χ1n) is 8.19. The number of carbonyl (C=O) groups is 1. The van der Waals surface area contributed by atoms with Gasteiger partial charge in [0, 0.05) is 28.7 Å². The highest BCUT2D eigenvalue weighted by Crippen LogP contribution is 2.21. The number of aryl methyl sites for hydroxylation is 1. The molecule has 5 nitrogen and oxygen atoms in total. The Labute approximate surface area is 146 Å². The summed E-state index contributed by atoms with van der Waals surface area (Å²) in [6.07, 6.45) is 0.546. The fourth-order valence-corrected chi connectivity index (χ4v) is 5.03. The molecule has 134 valence electrons. The van der Waals surface area contributed by atoms with Crippen LogP contribution in [0.4, 0.5) is 4.39 Å². The Balaban J connectivity index is 1.75. The average Bonchev–Trinajstić information content (AvgIpc) is 3.05. The van der Waals surface area contributed by atoms with E-state index in [1.807, 2.05) is 24.5 Å². The highest BCUT2D eigenvalue weighted by atomic mass is 32.2. The van der Waals surface area contributed by atoms with Gasteiger partial charge in [0.1, 0.15) is 5.82 Å². The lowest BCUT2D eigenvalue weighted by Crippen LogP contribution is -2.34. The first-order valence-corrected chi connectivity index (χ1v) is 10.0. The van der Waals surface area contributed by atoms with Crippen molar-refractivity contribution in [1.82, 2.24) is 9.88 Å². The summed E-state index contributed by atoms with van der Waals surface area (Å²) in [5, 5.41) is 3.05. The van der Waals surface area contributed by atoms with Gasteiger partial charge in [0.25, 0.3) is 0 Å². The molecular formula is C18H21FN2O3S. The number of benzene rings is 1. The van der Waals surface area contributed by atoms with Gasteiger partial charge < -0.3 is 9.88 Å². The fraction of sp³-hybridized carbons (Fsp3) is 0.389. The number of carbonyl (C=O) groups excluding carboxylic acids is 1. The number of hydrogen-bond donors (Lipinski definition) is 1. The van der Waals surface area contributed by atoms with Gasteiger partial charge in [-0.1, -0.05) is 0 Å². The number of nitrogens with zero attached hydrogens (tertiary/aromatic N) is 1. The molecule has 1 fully saturated rings. The molecule has 1 aliphatic rings. The van der Waals surface area contributed by atoms with Crippen LogP contribution in [0.2, 0.25) is 0 Å². The number of halogens is 1. The zero-order valence-corrected chi connectivity index (χ0v) is 15.1. The zero-order chi connectivity index (χ0) is 18.2. The first-order chi connectivity index (χ1) is 11.8. The lowest BCUT2D eigenvalue weighted by Gasteiger charge is -2.11. The summed E-state index contributed by atoms with van der Waals surface area (Å²) in [6, 6.07) is 7.77. The van der Waals surface area contributed by atoms with Gasteiger partial charge in [-0.25, -0.2) is 12.8 Å². The van der Waals surface area contributed by atoms with E-state index in [0.717, 1.165) is 17.1 Å². The fourth-order valence-electron chi connectivity index (χ4n) is 3.32. The van der Waals surface area contributed by atoms with Crippen LogP contribution in [0.3, 0.4) is 0 Å². The summed E-state index contributed by atoms with van der Waals surface area (Å²) in [6.45, 7) is 3.85. The van der Waals surface area contributed by atoms with Crippen LogP contribution in [0, 0.1) is 19.7 Å². The van der Waals surface area contributed by atoms with Crippen molar-refractivity contribution in [2.75, 3.05) is 18.1 Å². The van der Waals surface area contributed by atoms with Crippen LogP contribution in [-0.2, 0) is 9.84 Å². The van der Waals surface area contributed by atoms with E-state index < -0.39 is 9.84 Å². The minimum atomic E-state index is -2.97. The maximum atomic E-state index is 13.1. The lowest BCUT2D eigenvalue weighted by molar-refractivity contribution is 0.0987. The van der Waals surface area contributed by atoms with Crippen molar-refractivity contribution >= 4 is 15.6 Å². The molecule has 3 rings (SSSR count). The summed E-state index contributed by atoms with van der Waals surface area (Å²) in [5.41, 5.74) is 3.06. The van der Waals surface area contributed by atoms with E-state index in [1.165, 1.54) is 12.1 Å². The Bertz CT molecular complexity index is 901. The molecule has 0 radical (unpaired) electrons. The van der Waals surface area contributed by atoms with Gasteiger partial charge in [-0.3, -0.25) is 4.79 Å². The maximum absolute atomic E-state index is 13.1. The molecule has 1 aromatic heterocycles. The van der Waals surface area contributed by atoms with Crippen LogP contribution in [0.25, 0.3) is 5.69 Å². The molecule has 1 aromatic carbocycles. The average molecular weight is 364 g/mol. The smallest absolute Gasteiger partial charge is 0.178 e. The lowest BCUT2D eigenvalue weighted by atomic mass is 10.1. The predicted molar refractivity (Wildman–Crippen MR) is 94.6 cm³/mol. The molecule has 2 heterocycles. The topological polar surface area (TPSA) is 68.2 Å². The Kier molecular flexibility index (Phi) is 4.79. The third kappa shape index (κ3) is 3.82. The number of ketones is 1. The summed E-state index contributed by atoms with van der Waals surface area (Å²) in [7, 11) is -2.97. The summed E-state index contributed by atoms with van der Waals surface area (Å²) in [4.78, 5) is 12.5. The monoisotopic (exact) mass is 364 g/mol. The zero-order valence-electron chi connectivity index (χ0n) is 14.3. The molecule has 1 unspecified atom stereocenters. The van der Waals surface area contributed by atoms with Gasteiger partial charge in [0.2, 0.25) is 0 Å². The van der Waals surface area contributed by atoms with Crippen LogP contribution in [0.15, 0.2) is 30.3 Å². The Morgan fingerprint density at radius 3 is 2.56 bits per heavy atom. The molecule has 1 aliphatic heterocycles. The summed E-state index contributed by atoms with van der Waals surface area (Å²) >= 11 is 0. The Hall–Kier alpha value is -1.99. The molecule has 2 aromatic rings. The highest BCUT2D eigenvalue weighted by Gasteiger charge is 2.28. The molecule has 0 amide bonds. The number of rotatable bonds is 5. The third-order valence-electron chi connectivity index (χ3n) is 4.60.